The molecule has 6 heteroatoms. The molecule has 2 rings (SSSR count). The van der Waals surface area contributed by atoms with Gasteiger partial charge in [0.1, 0.15) is 5.37 Å². The second kappa shape index (κ2) is 8.75. The van der Waals surface area contributed by atoms with Crippen LogP contribution in [-0.4, -0.2) is 61.6 Å². The predicted molar refractivity (Wildman–Crippen MR) is 91.6 cm³/mol. The molecule has 0 aromatic rings. The Hall–Kier alpha value is 0.220. The van der Waals surface area contributed by atoms with E-state index in [1.807, 2.05) is 0 Å². The molecule has 0 bridgehead atoms. The van der Waals surface area contributed by atoms with Crippen LogP contribution in [0.2, 0.25) is 0 Å². The van der Waals surface area contributed by atoms with Gasteiger partial charge >= 0.3 is 0 Å². The van der Waals surface area contributed by atoms with Gasteiger partial charge in [-0.15, -0.1) is 0 Å². The van der Waals surface area contributed by atoms with Gasteiger partial charge in [-0.1, -0.05) is 26.2 Å². The average Bonchev–Trinajstić information content (AvgIpc) is 2.53. The van der Waals surface area contributed by atoms with Crippen molar-refractivity contribution in [2.75, 3.05) is 36.9 Å². The zero-order valence-electron chi connectivity index (χ0n) is 13.2. The molecule has 1 N–H and O–H groups in total. The highest BCUT2D eigenvalue weighted by molar-refractivity contribution is 8.01. The summed E-state index contributed by atoms with van der Waals surface area (Å²) >= 11 is 1.77. The molecule has 0 aromatic carbocycles. The van der Waals surface area contributed by atoms with Crippen molar-refractivity contribution >= 4 is 21.6 Å². The quantitative estimate of drug-likeness (QED) is 0.723. The lowest BCUT2D eigenvalue weighted by atomic mass is 9.95. The molecular weight excluding hydrogens is 304 g/mol. The lowest BCUT2D eigenvalue weighted by Gasteiger charge is -2.34. The van der Waals surface area contributed by atoms with Gasteiger partial charge in [0.05, 0.1) is 0 Å². The van der Waals surface area contributed by atoms with Crippen LogP contribution in [0.15, 0.2) is 0 Å². The molecule has 1 saturated carbocycles. The summed E-state index contributed by atoms with van der Waals surface area (Å²) in [5, 5.41) is 3.39. The number of nitrogens with one attached hydrogen (secondary N) is 1. The first-order valence-electron chi connectivity index (χ1n) is 8.40. The van der Waals surface area contributed by atoms with E-state index in [0.717, 1.165) is 37.6 Å². The highest BCUT2D eigenvalue weighted by Crippen LogP contribution is 2.21. The Balaban J connectivity index is 1.72. The van der Waals surface area contributed by atoms with Crippen molar-refractivity contribution in [2.24, 2.45) is 0 Å². The van der Waals surface area contributed by atoms with Gasteiger partial charge in [0.25, 0.3) is 0 Å². The third kappa shape index (κ3) is 5.41. The zero-order chi connectivity index (χ0) is 15.1. The van der Waals surface area contributed by atoms with Crippen LogP contribution in [0.5, 0.6) is 0 Å². The molecule has 124 valence electrons. The molecule has 0 radical (unpaired) electrons. The molecule has 1 heterocycles. The Kier molecular flexibility index (Phi) is 7.32. The molecule has 1 aliphatic heterocycles. The Labute approximate surface area is 134 Å². The van der Waals surface area contributed by atoms with E-state index in [-0.39, 0.29) is 11.1 Å². The highest BCUT2D eigenvalue weighted by atomic mass is 32.2. The Morgan fingerprint density at radius 1 is 1.24 bits per heavy atom. The molecule has 2 aliphatic rings. The van der Waals surface area contributed by atoms with E-state index in [2.05, 4.69) is 10.2 Å². The summed E-state index contributed by atoms with van der Waals surface area (Å²) in [6, 6.07) is 0.700. The zero-order valence-corrected chi connectivity index (χ0v) is 14.9. The number of rotatable bonds is 7. The monoisotopic (exact) mass is 334 g/mol. The maximum absolute atomic E-state index is 12.2. The molecule has 0 spiro atoms. The van der Waals surface area contributed by atoms with Crippen LogP contribution in [0.25, 0.3) is 0 Å². The second-order valence-electron chi connectivity index (χ2n) is 6.16. The van der Waals surface area contributed by atoms with Gasteiger partial charge in [-0.2, -0.15) is 11.8 Å². The first-order valence-corrected chi connectivity index (χ1v) is 11.3. The van der Waals surface area contributed by atoms with E-state index in [1.165, 1.54) is 32.1 Å². The van der Waals surface area contributed by atoms with Crippen molar-refractivity contribution in [3.8, 4) is 0 Å². The summed E-state index contributed by atoms with van der Waals surface area (Å²) in [7, 11) is -2.94. The van der Waals surface area contributed by atoms with E-state index >= 15 is 0 Å². The standard InChI is InChI=1S/C15H30N2O2S2/c1-2-21(18,19)15-13-20-12-11-17(15)10-6-9-16-14-7-4-3-5-8-14/h14-16H,2-13H2,1H3. The van der Waals surface area contributed by atoms with Crippen LogP contribution >= 0.6 is 11.8 Å². The molecule has 0 aromatic heterocycles. The minimum Gasteiger partial charge on any atom is -0.314 e. The summed E-state index contributed by atoms with van der Waals surface area (Å²) in [6.45, 7) is 4.60. The highest BCUT2D eigenvalue weighted by Gasteiger charge is 2.32. The number of hydrogen-bond acceptors (Lipinski definition) is 5. The summed E-state index contributed by atoms with van der Waals surface area (Å²) in [5.74, 6) is 2.06. The largest absolute Gasteiger partial charge is 0.314 e. The van der Waals surface area contributed by atoms with E-state index in [1.54, 1.807) is 18.7 Å². The van der Waals surface area contributed by atoms with Crippen LogP contribution in [0, 0.1) is 0 Å². The van der Waals surface area contributed by atoms with Crippen molar-refractivity contribution in [3.05, 3.63) is 0 Å². The maximum Gasteiger partial charge on any atom is 0.166 e. The molecule has 21 heavy (non-hydrogen) atoms. The molecular formula is C15H30N2O2S2. The van der Waals surface area contributed by atoms with Crippen LogP contribution in [0.3, 0.4) is 0 Å². The normalized spacial score (nSPS) is 26.0. The van der Waals surface area contributed by atoms with E-state index in [9.17, 15) is 8.42 Å². The third-order valence-corrected chi connectivity index (χ3v) is 8.00. The summed E-state index contributed by atoms with van der Waals surface area (Å²) in [4.78, 5) is 2.19. The van der Waals surface area contributed by atoms with Gasteiger partial charge in [0.15, 0.2) is 9.84 Å². The van der Waals surface area contributed by atoms with Gasteiger partial charge in [-0.05, 0) is 25.8 Å². The fourth-order valence-corrected chi connectivity index (χ4v) is 6.40. The average molecular weight is 335 g/mol. The number of sulfone groups is 1. The van der Waals surface area contributed by atoms with Crippen molar-refractivity contribution in [3.63, 3.8) is 0 Å². The lowest BCUT2D eigenvalue weighted by molar-refractivity contribution is 0.261. The number of thioether (sulfide) groups is 1. The molecule has 1 saturated heterocycles. The molecule has 4 nitrogen and oxygen atoms in total. The molecule has 1 aliphatic carbocycles. The van der Waals surface area contributed by atoms with Crippen LogP contribution in [-0.2, 0) is 9.84 Å². The van der Waals surface area contributed by atoms with Crippen LogP contribution < -0.4 is 5.32 Å². The first-order chi connectivity index (χ1) is 10.1. The summed E-state index contributed by atoms with van der Waals surface area (Å²) in [6.07, 6.45) is 7.78. The van der Waals surface area contributed by atoms with E-state index < -0.39 is 9.84 Å². The Bertz CT molecular complexity index is 394. The molecule has 1 atom stereocenters. The van der Waals surface area contributed by atoms with E-state index in [0.29, 0.717) is 6.04 Å². The lowest BCUT2D eigenvalue weighted by Crippen LogP contribution is -2.48. The van der Waals surface area contributed by atoms with Gasteiger partial charge in [-0.25, -0.2) is 8.42 Å². The molecule has 1 unspecified atom stereocenters. The van der Waals surface area contributed by atoms with Crippen molar-refractivity contribution in [1.29, 1.82) is 0 Å². The van der Waals surface area contributed by atoms with Crippen LogP contribution in [0.1, 0.15) is 45.4 Å². The Morgan fingerprint density at radius 3 is 2.71 bits per heavy atom. The molecule has 2 fully saturated rings. The predicted octanol–water partition coefficient (Wildman–Crippen LogP) is 2.11. The third-order valence-electron chi connectivity index (χ3n) is 4.67. The summed E-state index contributed by atoms with van der Waals surface area (Å²) < 4.78 is 24.3. The first kappa shape index (κ1) is 17.6. The van der Waals surface area contributed by atoms with Gasteiger partial charge in [0.2, 0.25) is 0 Å². The topological polar surface area (TPSA) is 49.4 Å². The molecule has 0 amide bonds. The van der Waals surface area contributed by atoms with Crippen molar-refractivity contribution < 1.29 is 8.42 Å². The minimum atomic E-state index is -2.94. The number of nitrogens with zero attached hydrogens (tertiary/aromatic N) is 1. The fourth-order valence-electron chi connectivity index (χ4n) is 3.29. The van der Waals surface area contributed by atoms with Gasteiger partial charge < -0.3 is 5.32 Å². The van der Waals surface area contributed by atoms with Crippen LogP contribution in [0.4, 0.5) is 0 Å². The Morgan fingerprint density at radius 2 is 2.00 bits per heavy atom. The maximum atomic E-state index is 12.2. The summed E-state index contributed by atoms with van der Waals surface area (Å²) in [5.41, 5.74) is 0. The van der Waals surface area contributed by atoms with Crippen molar-refractivity contribution in [2.45, 2.75) is 56.9 Å². The minimum absolute atomic E-state index is 0.254. The fraction of sp³-hybridized carbons (Fsp3) is 1.00. The van der Waals surface area contributed by atoms with E-state index in [4.69, 9.17) is 0 Å². The second-order valence-corrected chi connectivity index (χ2v) is 9.76. The smallest absolute Gasteiger partial charge is 0.166 e. The van der Waals surface area contributed by atoms with Gasteiger partial charge in [0, 0.05) is 36.4 Å². The van der Waals surface area contributed by atoms with Crippen molar-refractivity contribution in [1.82, 2.24) is 10.2 Å². The van der Waals surface area contributed by atoms with Gasteiger partial charge in [-0.3, -0.25) is 4.90 Å². The number of hydrogen-bond donors (Lipinski definition) is 1. The SMILES string of the molecule is CCS(=O)(=O)C1CSCCN1CCCNC1CCCCC1.